The number of carbonyl (C=O) groups excluding carboxylic acids is 1. The molecule has 1 saturated heterocycles. The van der Waals surface area contributed by atoms with Crippen LogP contribution in [0.4, 0.5) is 4.39 Å². The van der Waals surface area contributed by atoms with Gasteiger partial charge in [0.15, 0.2) is 0 Å². The maximum Gasteiger partial charge on any atom is 0.259 e. The van der Waals surface area contributed by atoms with Crippen LogP contribution in [0.3, 0.4) is 0 Å². The summed E-state index contributed by atoms with van der Waals surface area (Å²) >= 11 is 6.13. The van der Waals surface area contributed by atoms with Crippen LogP contribution in [0.25, 0.3) is 11.3 Å². The lowest BCUT2D eigenvalue weighted by molar-refractivity contribution is -0.0421. The van der Waals surface area contributed by atoms with Crippen LogP contribution in [0, 0.1) is 18.7 Å². The third-order valence-corrected chi connectivity index (χ3v) is 4.72. The fourth-order valence-electron chi connectivity index (χ4n) is 2.94. The van der Waals surface area contributed by atoms with Gasteiger partial charge in [-0.05, 0) is 25.0 Å². The van der Waals surface area contributed by atoms with Crippen molar-refractivity contribution < 1.29 is 18.4 Å². The molecule has 1 unspecified atom stereocenters. The van der Waals surface area contributed by atoms with Gasteiger partial charge in [-0.15, -0.1) is 0 Å². The van der Waals surface area contributed by atoms with E-state index < -0.39 is 5.82 Å². The summed E-state index contributed by atoms with van der Waals surface area (Å²) in [5.74, 6) is -0.162. The Morgan fingerprint density at radius 1 is 1.44 bits per heavy atom. The van der Waals surface area contributed by atoms with Crippen LogP contribution in [0.5, 0.6) is 0 Å². The second kappa shape index (κ2) is 7.14. The topological polar surface area (TPSA) is 55.6 Å². The van der Waals surface area contributed by atoms with Crippen molar-refractivity contribution in [2.75, 3.05) is 19.7 Å². The first kappa shape index (κ1) is 17.9. The number of aromatic nitrogens is 1. The molecule has 134 valence electrons. The van der Waals surface area contributed by atoms with Crippen molar-refractivity contribution in [3.8, 4) is 11.3 Å². The maximum atomic E-state index is 14.3. The number of rotatable bonds is 3. The summed E-state index contributed by atoms with van der Waals surface area (Å²) in [6, 6.07) is 4.34. The number of amides is 1. The normalized spacial score (nSPS) is 18.0. The standard InChI is InChI=1S/C18H20ClFN2O3/c1-10(2)14-9-22(7-8-24-14)18(23)15-11(3)25-21-17(15)16-12(19)5-4-6-13(16)20/h4-6,10,14H,7-9H2,1-3H3. The number of hydrogen-bond acceptors (Lipinski definition) is 4. The highest BCUT2D eigenvalue weighted by Gasteiger charge is 2.32. The van der Waals surface area contributed by atoms with Crippen molar-refractivity contribution in [1.82, 2.24) is 10.1 Å². The first-order chi connectivity index (χ1) is 11.9. The molecule has 1 aliphatic rings. The minimum Gasteiger partial charge on any atom is -0.374 e. The zero-order valence-electron chi connectivity index (χ0n) is 14.4. The van der Waals surface area contributed by atoms with Crippen LogP contribution in [0.2, 0.25) is 5.02 Å². The fraction of sp³-hybridized carbons (Fsp3) is 0.444. The minimum absolute atomic E-state index is 0.0293. The SMILES string of the molecule is Cc1onc(-c2c(F)cccc2Cl)c1C(=O)N1CCOC(C(C)C)C1. The number of carbonyl (C=O) groups is 1. The molecule has 1 aliphatic heterocycles. The molecule has 0 saturated carbocycles. The summed E-state index contributed by atoms with van der Waals surface area (Å²) in [5, 5.41) is 4.08. The molecular weight excluding hydrogens is 347 g/mol. The average Bonchev–Trinajstić information content (AvgIpc) is 2.95. The Morgan fingerprint density at radius 3 is 2.88 bits per heavy atom. The Bertz CT molecular complexity index is 770. The van der Waals surface area contributed by atoms with Crippen LogP contribution >= 0.6 is 11.6 Å². The summed E-state index contributed by atoms with van der Waals surface area (Å²) in [7, 11) is 0. The third-order valence-electron chi connectivity index (χ3n) is 4.40. The summed E-state index contributed by atoms with van der Waals surface area (Å²) in [6.07, 6.45) is -0.0293. The molecule has 1 amide bonds. The molecule has 1 aromatic carbocycles. The van der Waals surface area contributed by atoms with E-state index in [1.807, 2.05) is 13.8 Å². The number of nitrogens with zero attached hydrogens (tertiary/aromatic N) is 2. The largest absolute Gasteiger partial charge is 0.374 e. The van der Waals surface area contributed by atoms with Gasteiger partial charge >= 0.3 is 0 Å². The smallest absolute Gasteiger partial charge is 0.259 e. The van der Waals surface area contributed by atoms with Crippen molar-refractivity contribution in [1.29, 1.82) is 0 Å². The zero-order valence-corrected chi connectivity index (χ0v) is 15.1. The lowest BCUT2D eigenvalue weighted by Crippen LogP contribution is -2.47. The van der Waals surface area contributed by atoms with E-state index in [0.29, 0.717) is 31.4 Å². The van der Waals surface area contributed by atoms with Crippen molar-refractivity contribution in [2.24, 2.45) is 5.92 Å². The minimum atomic E-state index is -0.545. The predicted octanol–water partition coefficient (Wildman–Crippen LogP) is 3.94. The van der Waals surface area contributed by atoms with Gasteiger partial charge in [-0.2, -0.15) is 0 Å². The van der Waals surface area contributed by atoms with Crippen molar-refractivity contribution in [2.45, 2.75) is 26.9 Å². The molecule has 3 rings (SSSR count). The molecule has 25 heavy (non-hydrogen) atoms. The van der Waals surface area contributed by atoms with Crippen LogP contribution in [0.15, 0.2) is 22.7 Å². The van der Waals surface area contributed by atoms with E-state index in [1.165, 1.54) is 12.1 Å². The van der Waals surface area contributed by atoms with E-state index in [-0.39, 0.29) is 33.9 Å². The molecule has 0 spiro atoms. The molecule has 0 bridgehead atoms. The van der Waals surface area contributed by atoms with Gasteiger partial charge in [0.25, 0.3) is 5.91 Å². The molecule has 1 fully saturated rings. The molecule has 1 aromatic heterocycles. The molecule has 1 atom stereocenters. The molecule has 0 N–H and O–H groups in total. The lowest BCUT2D eigenvalue weighted by atomic mass is 10.0. The summed E-state index contributed by atoms with van der Waals surface area (Å²) in [6.45, 7) is 7.15. The summed E-state index contributed by atoms with van der Waals surface area (Å²) in [5.41, 5.74) is 0.465. The number of hydrogen-bond donors (Lipinski definition) is 0. The van der Waals surface area contributed by atoms with Crippen LogP contribution in [-0.2, 0) is 4.74 Å². The fourth-order valence-corrected chi connectivity index (χ4v) is 3.19. The van der Waals surface area contributed by atoms with Crippen LogP contribution in [-0.4, -0.2) is 41.8 Å². The average molecular weight is 367 g/mol. The zero-order chi connectivity index (χ0) is 18.1. The Kier molecular flexibility index (Phi) is 5.11. The van der Waals surface area contributed by atoms with E-state index >= 15 is 0 Å². The molecule has 0 radical (unpaired) electrons. The van der Waals surface area contributed by atoms with E-state index in [2.05, 4.69) is 5.16 Å². The van der Waals surface area contributed by atoms with Crippen LogP contribution < -0.4 is 0 Å². The molecular formula is C18H20ClFN2O3. The van der Waals surface area contributed by atoms with Gasteiger partial charge in [-0.1, -0.05) is 36.7 Å². The molecule has 2 heterocycles. The van der Waals surface area contributed by atoms with Gasteiger partial charge in [-0.25, -0.2) is 4.39 Å². The number of aryl methyl sites for hydroxylation is 1. The summed E-state index contributed by atoms with van der Waals surface area (Å²) < 4.78 is 25.2. The van der Waals surface area contributed by atoms with Gasteiger partial charge in [0, 0.05) is 13.1 Å². The quantitative estimate of drug-likeness (QED) is 0.825. The van der Waals surface area contributed by atoms with Gasteiger partial charge in [0.2, 0.25) is 0 Å². The predicted molar refractivity (Wildman–Crippen MR) is 92.1 cm³/mol. The van der Waals surface area contributed by atoms with Crippen molar-refractivity contribution >= 4 is 17.5 Å². The first-order valence-electron chi connectivity index (χ1n) is 8.21. The van der Waals surface area contributed by atoms with E-state index in [1.54, 1.807) is 17.9 Å². The van der Waals surface area contributed by atoms with Gasteiger partial charge < -0.3 is 14.2 Å². The number of halogens is 2. The molecule has 0 aliphatic carbocycles. The van der Waals surface area contributed by atoms with E-state index in [4.69, 9.17) is 20.9 Å². The van der Waals surface area contributed by atoms with Gasteiger partial charge in [0.1, 0.15) is 22.8 Å². The Hall–Kier alpha value is -1.92. The Balaban J connectivity index is 1.98. The highest BCUT2D eigenvalue weighted by molar-refractivity contribution is 6.33. The number of morpholine rings is 1. The second-order valence-corrected chi connectivity index (χ2v) is 6.87. The third kappa shape index (κ3) is 3.41. The van der Waals surface area contributed by atoms with Gasteiger partial charge in [-0.3, -0.25) is 4.79 Å². The maximum absolute atomic E-state index is 14.3. The van der Waals surface area contributed by atoms with E-state index in [0.717, 1.165) is 0 Å². The highest BCUT2D eigenvalue weighted by atomic mass is 35.5. The van der Waals surface area contributed by atoms with E-state index in [9.17, 15) is 9.18 Å². The number of ether oxygens (including phenoxy) is 1. The molecule has 2 aromatic rings. The first-order valence-corrected chi connectivity index (χ1v) is 8.59. The molecule has 7 heteroatoms. The monoisotopic (exact) mass is 366 g/mol. The second-order valence-electron chi connectivity index (χ2n) is 6.46. The molecule has 5 nitrogen and oxygen atoms in total. The van der Waals surface area contributed by atoms with Crippen LogP contribution in [0.1, 0.15) is 30.0 Å². The lowest BCUT2D eigenvalue weighted by Gasteiger charge is -2.34. The number of benzene rings is 1. The van der Waals surface area contributed by atoms with Crippen molar-refractivity contribution in [3.05, 3.63) is 40.4 Å². The Morgan fingerprint density at radius 2 is 2.20 bits per heavy atom. The van der Waals surface area contributed by atoms with Crippen molar-refractivity contribution in [3.63, 3.8) is 0 Å². The summed E-state index contributed by atoms with van der Waals surface area (Å²) in [4.78, 5) is 14.8. The van der Waals surface area contributed by atoms with Gasteiger partial charge in [0.05, 0.1) is 23.3 Å². The highest BCUT2D eigenvalue weighted by Crippen LogP contribution is 2.34. The Labute approximate surface area is 150 Å².